The molecule has 3 aliphatic rings. The number of hydrogen-bond acceptors (Lipinski definition) is 3. The average Bonchev–Trinajstić information content (AvgIpc) is 2.83. The summed E-state index contributed by atoms with van der Waals surface area (Å²) in [5.74, 6) is -1.53. The van der Waals surface area contributed by atoms with Crippen LogP contribution in [0.15, 0.2) is 30.4 Å². The minimum atomic E-state index is -0.510. The van der Waals surface area contributed by atoms with E-state index in [0.29, 0.717) is 25.9 Å². The van der Waals surface area contributed by atoms with Gasteiger partial charge in [-0.05, 0) is 25.0 Å². The second-order valence-corrected chi connectivity index (χ2v) is 7.44. The molecule has 0 unspecified atom stereocenters. The monoisotopic (exact) mass is 376 g/mol. The molecule has 2 aliphatic heterocycles. The number of carbonyl (C=O) groups excluding carboxylic acids is 3. The van der Waals surface area contributed by atoms with Crippen LogP contribution in [0, 0.1) is 17.7 Å². The van der Waals surface area contributed by atoms with Crippen molar-refractivity contribution in [3.63, 3.8) is 0 Å². The third-order valence-corrected chi connectivity index (χ3v) is 5.87. The Balaban J connectivity index is 1.39. The van der Waals surface area contributed by atoms with Gasteiger partial charge in [-0.2, -0.15) is 0 Å². The number of allylic oxidation sites excluding steroid dienone is 2. The fraction of sp³-hybridized carbons (Fsp3) is 0.421. The zero-order valence-corrected chi connectivity index (χ0v) is 14.8. The highest BCUT2D eigenvalue weighted by Gasteiger charge is 2.52. The number of likely N-dealkylation sites (tertiary alicyclic amines) is 2. The summed E-state index contributed by atoms with van der Waals surface area (Å²) in [6, 6.07) is 4.03. The normalized spacial score (nSPS) is 25.5. The van der Waals surface area contributed by atoms with E-state index in [2.05, 4.69) is 0 Å². The molecular weight excluding hydrogens is 359 g/mol. The average molecular weight is 377 g/mol. The Hall–Kier alpha value is -2.21. The molecule has 2 heterocycles. The summed E-state index contributed by atoms with van der Waals surface area (Å²) in [5, 5.41) is 0.219. The van der Waals surface area contributed by atoms with Gasteiger partial charge in [0.15, 0.2) is 0 Å². The molecule has 5 nitrogen and oxygen atoms in total. The number of benzene rings is 1. The van der Waals surface area contributed by atoms with Crippen molar-refractivity contribution in [1.82, 2.24) is 9.80 Å². The van der Waals surface area contributed by atoms with Crippen LogP contribution < -0.4 is 0 Å². The molecule has 3 amide bonds. The first-order valence-corrected chi connectivity index (χ1v) is 9.07. The lowest BCUT2D eigenvalue weighted by Gasteiger charge is -2.43. The van der Waals surface area contributed by atoms with E-state index in [1.807, 2.05) is 12.2 Å². The van der Waals surface area contributed by atoms with E-state index < -0.39 is 5.82 Å². The van der Waals surface area contributed by atoms with Gasteiger partial charge in [0.1, 0.15) is 5.82 Å². The fourth-order valence-electron chi connectivity index (χ4n) is 3.97. The lowest BCUT2D eigenvalue weighted by Crippen LogP contribution is -2.62. The van der Waals surface area contributed by atoms with Gasteiger partial charge in [-0.15, -0.1) is 0 Å². The molecule has 0 radical (unpaired) electrons. The third-order valence-electron chi connectivity index (χ3n) is 5.51. The Morgan fingerprint density at radius 3 is 2.31 bits per heavy atom. The SMILES string of the molecule is O=C(Cc1c(F)cccc1Cl)N1CC(N2C(=O)[C@H]3CC=CC[C@@H]3C2=O)C1. The van der Waals surface area contributed by atoms with Gasteiger partial charge in [-0.1, -0.05) is 29.8 Å². The van der Waals surface area contributed by atoms with Crippen LogP contribution in [0.5, 0.6) is 0 Å². The molecule has 1 aliphatic carbocycles. The molecule has 4 rings (SSSR count). The predicted molar refractivity (Wildman–Crippen MR) is 92.7 cm³/mol. The van der Waals surface area contributed by atoms with Gasteiger partial charge in [0.25, 0.3) is 0 Å². The minimum Gasteiger partial charge on any atom is -0.338 e. The highest BCUT2D eigenvalue weighted by atomic mass is 35.5. The molecule has 2 saturated heterocycles. The van der Waals surface area contributed by atoms with E-state index in [-0.39, 0.29) is 52.6 Å². The first-order chi connectivity index (χ1) is 12.5. The van der Waals surface area contributed by atoms with Crippen molar-refractivity contribution in [2.75, 3.05) is 13.1 Å². The Morgan fingerprint density at radius 1 is 1.12 bits per heavy atom. The molecule has 2 atom stereocenters. The Bertz CT molecular complexity index is 773. The van der Waals surface area contributed by atoms with Crippen LogP contribution in [-0.2, 0) is 20.8 Å². The zero-order chi connectivity index (χ0) is 18.4. The highest BCUT2D eigenvalue weighted by Crippen LogP contribution is 2.37. The van der Waals surface area contributed by atoms with Crippen molar-refractivity contribution >= 4 is 29.3 Å². The molecule has 0 aromatic heterocycles. The molecule has 0 bridgehead atoms. The molecule has 26 heavy (non-hydrogen) atoms. The van der Waals surface area contributed by atoms with E-state index in [0.717, 1.165) is 0 Å². The number of amides is 3. The second kappa shape index (κ2) is 6.50. The smallest absolute Gasteiger partial charge is 0.233 e. The van der Waals surface area contributed by atoms with E-state index in [1.165, 1.54) is 21.9 Å². The second-order valence-electron chi connectivity index (χ2n) is 7.03. The molecule has 0 N–H and O–H groups in total. The molecule has 7 heteroatoms. The number of rotatable bonds is 3. The lowest BCUT2D eigenvalue weighted by atomic mass is 9.85. The van der Waals surface area contributed by atoms with Gasteiger partial charge in [0.2, 0.25) is 17.7 Å². The van der Waals surface area contributed by atoms with Crippen LogP contribution in [0.4, 0.5) is 4.39 Å². The van der Waals surface area contributed by atoms with Crippen LogP contribution in [0.1, 0.15) is 18.4 Å². The number of nitrogens with zero attached hydrogens (tertiary/aromatic N) is 2. The van der Waals surface area contributed by atoms with Crippen molar-refractivity contribution < 1.29 is 18.8 Å². The van der Waals surface area contributed by atoms with Gasteiger partial charge in [0.05, 0.1) is 24.3 Å². The van der Waals surface area contributed by atoms with Crippen molar-refractivity contribution in [3.8, 4) is 0 Å². The number of hydrogen-bond donors (Lipinski definition) is 0. The Kier molecular flexibility index (Phi) is 4.31. The first-order valence-electron chi connectivity index (χ1n) is 8.70. The van der Waals surface area contributed by atoms with Crippen molar-refractivity contribution in [2.24, 2.45) is 11.8 Å². The van der Waals surface area contributed by atoms with E-state index in [1.54, 1.807) is 6.07 Å². The van der Waals surface area contributed by atoms with Gasteiger partial charge >= 0.3 is 0 Å². The van der Waals surface area contributed by atoms with Gasteiger partial charge in [-0.3, -0.25) is 19.3 Å². The molecule has 2 fully saturated rings. The maximum Gasteiger partial charge on any atom is 0.233 e. The molecule has 0 saturated carbocycles. The standard InChI is InChI=1S/C19H18ClFN2O3/c20-15-6-3-7-16(21)14(15)8-17(24)22-9-11(10-22)23-18(25)12-4-1-2-5-13(12)19(23)26/h1-3,6-7,11-13H,4-5,8-10H2/t12-,13-/m0/s1. The number of fused-ring (bicyclic) bond motifs is 1. The van der Waals surface area contributed by atoms with Crippen LogP contribution in [0.3, 0.4) is 0 Å². The first kappa shape index (κ1) is 17.2. The Labute approximate surface area is 155 Å². The number of imide groups is 1. The fourth-order valence-corrected chi connectivity index (χ4v) is 4.20. The summed E-state index contributed by atoms with van der Waals surface area (Å²) in [7, 11) is 0. The van der Waals surface area contributed by atoms with Crippen molar-refractivity contribution in [3.05, 3.63) is 46.8 Å². The van der Waals surface area contributed by atoms with Crippen LogP contribution in [0.25, 0.3) is 0 Å². The molecular formula is C19H18ClFN2O3. The largest absolute Gasteiger partial charge is 0.338 e. The maximum atomic E-state index is 13.8. The summed E-state index contributed by atoms with van der Waals surface area (Å²) in [6.45, 7) is 0.602. The predicted octanol–water partition coefficient (Wildman–Crippen LogP) is 2.18. The zero-order valence-electron chi connectivity index (χ0n) is 14.0. The van der Waals surface area contributed by atoms with Gasteiger partial charge < -0.3 is 4.90 Å². The highest BCUT2D eigenvalue weighted by molar-refractivity contribution is 6.31. The van der Waals surface area contributed by atoms with Crippen LogP contribution in [0.2, 0.25) is 5.02 Å². The summed E-state index contributed by atoms with van der Waals surface area (Å²) in [5.41, 5.74) is 0.174. The van der Waals surface area contributed by atoms with E-state index in [9.17, 15) is 18.8 Å². The molecule has 136 valence electrons. The number of carbonyl (C=O) groups is 3. The van der Waals surface area contributed by atoms with Gasteiger partial charge in [-0.25, -0.2) is 4.39 Å². The molecule has 1 aromatic carbocycles. The van der Waals surface area contributed by atoms with Crippen LogP contribution in [-0.4, -0.2) is 46.7 Å². The van der Waals surface area contributed by atoms with Gasteiger partial charge in [0, 0.05) is 23.7 Å². The minimum absolute atomic E-state index is 0.126. The summed E-state index contributed by atoms with van der Waals surface area (Å²) in [6.07, 6.45) is 4.98. The van der Waals surface area contributed by atoms with E-state index >= 15 is 0 Å². The summed E-state index contributed by atoms with van der Waals surface area (Å²) >= 11 is 5.97. The van der Waals surface area contributed by atoms with E-state index in [4.69, 9.17) is 11.6 Å². The summed E-state index contributed by atoms with van der Waals surface area (Å²) < 4.78 is 13.8. The Morgan fingerprint density at radius 2 is 1.73 bits per heavy atom. The molecule has 1 aromatic rings. The third kappa shape index (κ3) is 2.72. The maximum absolute atomic E-state index is 13.8. The van der Waals surface area contributed by atoms with Crippen molar-refractivity contribution in [2.45, 2.75) is 25.3 Å². The van der Waals surface area contributed by atoms with Crippen molar-refractivity contribution in [1.29, 1.82) is 0 Å². The topological polar surface area (TPSA) is 57.7 Å². The summed E-state index contributed by atoms with van der Waals surface area (Å²) in [4.78, 5) is 40.3. The lowest BCUT2D eigenvalue weighted by molar-refractivity contribution is -0.152. The van der Waals surface area contributed by atoms with Crippen LogP contribution >= 0.6 is 11.6 Å². The quantitative estimate of drug-likeness (QED) is 0.600. The molecule has 0 spiro atoms. The number of halogens is 2.